The SMILES string of the molecule is Cc1cccc(N(CC2CC2)CC2CC2)c1N. The zero-order valence-electron chi connectivity index (χ0n) is 10.7. The Kier molecular flexibility index (Phi) is 2.73. The molecule has 0 unspecified atom stereocenters. The molecule has 2 fully saturated rings. The highest BCUT2D eigenvalue weighted by molar-refractivity contribution is 5.71. The molecule has 2 aliphatic rings. The van der Waals surface area contributed by atoms with Gasteiger partial charge in [0.15, 0.2) is 0 Å². The van der Waals surface area contributed by atoms with E-state index in [1.165, 1.54) is 50.0 Å². The van der Waals surface area contributed by atoms with Crippen LogP contribution in [-0.4, -0.2) is 13.1 Å². The van der Waals surface area contributed by atoms with Gasteiger partial charge in [-0.1, -0.05) is 12.1 Å². The van der Waals surface area contributed by atoms with Crippen molar-refractivity contribution in [3.63, 3.8) is 0 Å². The summed E-state index contributed by atoms with van der Waals surface area (Å²) in [5.74, 6) is 1.85. The van der Waals surface area contributed by atoms with Crippen LogP contribution in [0, 0.1) is 18.8 Å². The lowest BCUT2D eigenvalue weighted by Gasteiger charge is -2.27. The molecule has 0 aromatic heterocycles. The molecule has 2 aliphatic carbocycles. The van der Waals surface area contributed by atoms with Gasteiger partial charge in [0, 0.05) is 13.1 Å². The van der Waals surface area contributed by atoms with Crippen LogP contribution in [-0.2, 0) is 0 Å². The summed E-state index contributed by atoms with van der Waals surface area (Å²) in [6.07, 6.45) is 5.64. The van der Waals surface area contributed by atoms with E-state index in [1.54, 1.807) is 0 Å². The molecule has 2 nitrogen and oxygen atoms in total. The van der Waals surface area contributed by atoms with Crippen molar-refractivity contribution in [2.75, 3.05) is 23.7 Å². The van der Waals surface area contributed by atoms with Crippen molar-refractivity contribution in [3.05, 3.63) is 23.8 Å². The molecule has 2 heteroatoms. The smallest absolute Gasteiger partial charge is 0.0602 e. The highest BCUT2D eigenvalue weighted by atomic mass is 15.1. The van der Waals surface area contributed by atoms with Crippen LogP contribution in [0.4, 0.5) is 11.4 Å². The minimum absolute atomic E-state index is 0.925. The Morgan fingerprint density at radius 2 is 1.71 bits per heavy atom. The van der Waals surface area contributed by atoms with E-state index in [9.17, 15) is 0 Å². The minimum Gasteiger partial charge on any atom is -0.397 e. The monoisotopic (exact) mass is 230 g/mol. The number of anilines is 2. The fourth-order valence-corrected chi connectivity index (χ4v) is 2.44. The Morgan fingerprint density at radius 3 is 2.24 bits per heavy atom. The average molecular weight is 230 g/mol. The Morgan fingerprint density at radius 1 is 1.12 bits per heavy atom. The minimum atomic E-state index is 0.925. The van der Waals surface area contributed by atoms with E-state index in [2.05, 4.69) is 30.0 Å². The summed E-state index contributed by atoms with van der Waals surface area (Å²) < 4.78 is 0. The van der Waals surface area contributed by atoms with E-state index in [0.717, 1.165) is 17.5 Å². The summed E-state index contributed by atoms with van der Waals surface area (Å²) in [7, 11) is 0. The maximum Gasteiger partial charge on any atom is 0.0602 e. The molecule has 0 atom stereocenters. The van der Waals surface area contributed by atoms with Crippen LogP contribution >= 0.6 is 0 Å². The Labute approximate surface area is 104 Å². The lowest BCUT2D eigenvalue weighted by Crippen LogP contribution is -2.29. The molecule has 1 aromatic rings. The summed E-state index contributed by atoms with van der Waals surface area (Å²) in [5.41, 5.74) is 9.69. The maximum atomic E-state index is 6.23. The molecule has 0 radical (unpaired) electrons. The van der Waals surface area contributed by atoms with Gasteiger partial charge in [0.25, 0.3) is 0 Å². The Balaban J connectivity index is 1.81. The summed E-state index contributed by atoms with van der Waals surface area (Å²) in [6.45, 7) is 4.53. The summed E-state index contributed by atoms with van der Waals surface area (Å²) >= 11 is 0. The highest BCUT2D eigenvalue weighted by Gasteiger charge is 2.30. The van der Waals surface area contributed by atoms with Gasteiger partial charge in [-0.3, -0.25) is 0 Å². The molecule has 1 aromatic carbocycles. The lowest BCUT2D eigenvalue weighted by atomic mass is 10.1. The molecule has 0 heterocycles. The lowest BCUT2D eigenvalue weighted by molar-refractivity contribution is 0.680. The molecule has 2 N–H and O–H groups in total. The number of nitrogen functional groups attached to an aromatic ring is 1. The third-order valence-corrected chi connectivity index (χ3v) is 3.99. The third kappa shape index (κ3) is 2.56. The van der Waals surface area contributed by atoms with Crippen LogP contribution < -0.4 is 10.6 Å². The van der Waals surface area contributed by atoms with Crippen LogP contribution in [0.1, 0.15) is 31.2 Å². The first-order chi connectivity index (χ1) is 8.24. The summed E-state index contributed by atoms with van der Waals surface area (Å²) in [5, 5.41) is 0. The molecule has 3 rings (SSSR count). The average Bonchev–Trinajstić information content (AvgIpc) is 3.16. The second kappa shape index (κ2) is 4.25. The zero-order valence-corrected chi connectivity index (χ0v) is 10.7. The van der Waals surface area contributed by atoms with Crippen molar-refractivity contribution < 1.29 is 0 Å². The van der Waals surface area contributed by atoms with E-state index >= 15 is 0 Å². The first kappa shape index (κ1) is 10.9. The molecular weight excluding hydrogens is 208 g/mol. The van der Waals surface area contributed by atoms with E-state index in [0.29, 0.717) is 0 Å². The van der Waals surface area contributed by atoms with Crippen molar-refractivity contribution in [2.24, 2.45) is 11.8 Å². The van der Waals surface area contributed by atoms with E-state index in [4.69, 9.17) is 5.73 Å². The number of aryl methyl sites for hydroxylation is 1. The van der Waals surface area contributed by atoms with Gasteiger partial charge in [0.05, 0.1) is 11.4 Å². The largest absolute Gasteiger partial charge is 0.397 e. The van der Waals surface area contributed by atoms with E-state index in [1.807, 2.05) is 0 Å². The van der Waals surface area contributed by atoms with Crippen molar-refractivity contribution in [3.8, 4) is 0 Å². The molecule has 0 saturated heterocycles. The second-order valence-electron chi connectivity index (χ2n) is 5.80. The van der Waals surface area contributed by atoms with Crippen molar-refractivity contribution in [2.45, 2.75) is 32.6 Å². The molecule has 92 valence electrons. The van der Waals surface area contributed by atoms with Gasteiger partial charge >= 0.3 is 0 Å². The zero-order chi connectivity index (χ0) is 11.8. The van der Waals surface area contributed by atoms with E-state index < -0.39 is 0 Å². The molecule has 2 saturated carbocycles. The fourth-order valence-electron chi connectivity index (χ4n) is 2.44. The molecule has 0 aliphatic heterocycles. The van der Waals surface area contributed by atoms with Gasteiger partial charge in [-0.15, -0.1) is 0 Å². The van der Waals surface area contributed by atoms with Crippen molar-refractivity contribution in [1.82, 2.24) is 0 Å². The number of hydrogen-bond donors (Lipinski definition) is 1. The van der Waals surface area contributed by atoms with Crippen LogP contribution in [0.15, 0.2) is 18.2 Å². The first-order valence-electron chi connectivity index (χ1n) is 6.84. The number of nitrogens with zero attached hydrogens (tertiary/aromatic N) is 1. The van der Waals surface area contributed by atoms with E-state index in [-0.39, 0.29) is 0 Å². The second-order valence-corrected chi connectivity index (χ2v) is 5.80. The standard InChI is InChI=1S/C15H22N2/c1-11-3-2-4-14(15(11)16)17(9-12-5-6-12)10-13-7-8-13/h2-4,12-13H,5-10,16H2,1H3. The van der Waals surface area contributed by atoms with Crippen LogP contribution in [0.2, 0.25) is 0 Å². The quantitative estimate of drug-likeness (QED) is 0.787. The molecule has 17 heavy (non-hydrogen) atoms. The maximum absolute atomic E-state index is 6.23. The summed E-state index contributed by atoms with van der Waals surface area (Å²) in [6, 6.07) is 6.42. The Hall–Kier alpha value is -1.18. The molecular formula is C15H22N2. The first-order valence-corrected chi connectivity index (χ1v) is 6.84. The van der Waals surface area contributed by atoms with Crippen LogP contribution in [0.25, 0.3) is 0 Å². The molecule has 0 bridgehead atoms. The van der Waals surface area contributed by atoms with Crippen LogP contribution in [0.5, 0.6) is 0 Å². The number of rotatable bonds is 5. The van der Waals surface area contributed by atoms with Gasteiger partial charge in [-0.2, -0.15) is 0 Å². The Bertz CT molecular complexity index is 391. The van der Waals surface area contributed by atoms with Gasteiger partial charge in [-0.05, 0) is 56.1 Å². The molecule has 0 amide bonds. The number of para-hydroxylation sites is 1. The third-order valence-electron chi connectivity index (χ3n) is 3.99. The fraction of sp³-hybridized carbons (Fsp3) is 0.600. The van der Waals surface area contributed by atoms with Gasteiger partial charge in [-0.25, -0.2) is 0 Å². The summed E-state index contributed by atoms with van der Waals surface area (Å²) in [4.78, 5) is 2.54. The number of hydrogen-bond acceptors (Lipinski definition) is 2. The van der Waals surface area contributed by atoms with Gasteiger partial charge in [0.1, 0.15) is 0 Å². The predicted molar refractivity (Wildman–Crippen MR) is 73.3 cm³/mol. The van der Waals surface area contributed by atoms with Gasteiger partial charge < -0.3 is 10.6 Å². The topological polar surface area (TPSA) is 29.3 Å². The van der Waals surface area contributed by atoms with Crippen molar-refractivity contribution >= 4 is 11.4 Å². The predicted octanol–water partition coefficient (Wildman–Crippen LogP) is 3.20. The number of benzene rings is 1. The molecule has 0 spiro atoms. The normalized spacial score (nSPS) is 19.4. The number of nitrogens with two attached hydrogens (primary N) is 1. The van der Waals surface area contributed by atoms with Crippen LogP contribution in [0.3, 0.4) is 0 Å². The highest BCUT2D eigenvalue weighted by Crippen LogP contribution is 2.37. The van der Waals surface area contributed by atoms with Crippen molar-refractivity contribution in [1.29, 1.82) is 0 Å². The van der Waals surface area contributed by atoms with Gasteiger partial charge in [0.2, 0.25) is 0 Å².